The van der Waals surface area contributed by atoms with Crippen molar-refractivity contribution < 1.29 is 8.42 Å². The summed E-state index contributed by atoms with van der Waals surface area (Å²) in [6, 6.07) is 10.1. The number of hydrogen-bond acceptors (Lipinski definition) is 4. The highest BCUT2D eigenvalue weighted by molar-refractivity contribution is 7.89. The second kappa shape index (κ2) is 11.0. The van der Waals surface area contributed by atoms with E-state index in [2.05, 4.69) is 20.3 Å². The van der Waals surface area contributed by atoms with Gasteiger partial charge in [0.05, 0.1) is 24.2 Å². The van der Waals surface area contributed by atoms with Crippen LogP contribution in [0.3, 0.4) is 0 Å². The first kappa shape index (κ1) is 22.9. The second-order valence-corrected chi connectivity index (χ2v) is 9.14. The molecule has 29 heavy (non-hydrogen) atoms. The molecular weight excluding hydrogens is 388 g/mol. The van der Waals surface area contributed by atoms with Crippen LogP contribution in [0.4, 0.5) is 0 Å². The lowest BCUT2D eigenvalue weighted by atomic mass is 10.2. The maximum absolute atomic E-state index is 11.8. The highest BCUT2D eigenvalue weighted by atomic mass is 32.2. The Kier molecular flexibility index (Phi) is 8.66. The van der Waals surface area contributed by atoms with E-state index in [1.54, 1.807) is 14.0 Å². The molecule has 1 heterocycles. The van der Waals surface area contributed by atoms with Crippen LogP contribution in [0.1, 0.15) is 26.1 Å². The average molecular weight is 421 g/mol. The fourth-order valence-corrected chi connectivity index (χ4v) is 3.66. The van der Waals surface area contributed by atoms with Gasteiger partial charge in [-0.15, -0.1) is 0 Å². The van der Waals surface area contributed by atoms with Crippen LogP contribution < -0.4 is 5.32 Å². The molecule has 0 amide bonds. The smallest absolute Gasteiger partial charge is 0.213 e. The summed E-state index contributed by atoms with van der Waals surface area (Å²) in [6.07, 6.45) is 2.50. The summed E-state index contributed by atoms with van der Waals surface area (Å²) in [5.41, 5.74) is 2.08. The minimum absolute atomic E-state index is 0.117. The third kappa shape index (κ3) is 6.86. The van der Waals surface area contributed by atoms with Gasteiger partial charge < -0.3 is 15.2 Å². The van der Waals surface area contributed by atoms with E-state index < -0.39 is 10.0 Å². The van der Waals surface area contributed by atoms with Gasteiger partial charge in [-0.3, -0.25) is 4.99 Å². The van der Waals surface area contributed by atoms with Gasteiger partial charge in [-0.05, 0) is 25.8 Å². The molecule has 0 saturated heterocycles. The monoisotopic (exact) mass is 420 g/mol. The van der Waals surface area contributed by atoms with Gasteiger partial charge in [0, 0.05) is 33.7 Å². The number of nitrogens with one attached hydrogen (secondary N) is 2. The molecule has 160 valence electrons. The van der Waals surface area contributed by atoms with Crippen LogP contribution in [0.5, 0.6) is 0 Å². The zero-order chi connectivity index (χ0) is 21.3. The Balaban J connectivity index is 1.94. The number of hydrogen-bond donors (Lipinski definition) is 2. The van der Waals surface area contributed by atoms with Gasteiger partial charge in [0.15, 0.2) is 5.96 Å². The third-order valence-electron chi connectivity index (χ3n) is 4.53. The lowest BCUT2D eigenvalue weighted by Crippen LogP contribution is -2.39. The molecular formula is C20H32N6O2S. The predicted molar refractivity (Wildman–Crippen MR) is 118 cm³/mol. The predicted octanol–water partition coefficient (Wildman–Crippen LogP) is 2.15. The van der Waals surface area contributed by atoms with E-state index >= 15 is 0 Å². The van der Waals surface area contributed by atoms with Crippen molar-refractivity contribution in [2.24, 2.45) is 4.99 Å². The van der Waals surface area contributed by atoms with Crippen LogP contribution in [0, 0.1) is 0 Å². The lowest BCUT2D eigenvalue weighted by Gasteiger charge is -2.21. The first-order chi connectivity index (χ1) is 13.9. The summed E-state index contributed by atoms with van der Waals surface area (Å²) >= 11 is 0. The largest absolute Gasteiger partial charge is 0.357 e. The first-order valence-electron chi connectivity index (χ1n) is 9.90. The topological polar surface area (TPSA) is 93.7 Å². The van der Waals surface area contributed by atoms with Crippen LogP contribution in [-0.2, 0) is 16.6 Å². The van der Waals surface area contributed by atoms with Crippen molar-refractivity contribution in [2.75, 3.05) is 39.5 Å². The molecule has 0 saturated carbocycles. The van der Waals surface area contributed by atoms with Crippen LogP contribution in [0.15, 0.2) is 41.5 Å². The van der Waals surface area contributed by atoms with Gasteiger partial charge in [0.25, 0.3) is 0 Å². The molecule has 2 N–H and O–H groups in total. The van der Waals surface area contributed by atoms with Crippen LogP contribution in [-0.4, -0.2) is 73.0 Å². The maximum atomic E-state index is 11.8. The van der Waals surface area contributed by atoms with E-state index in [0.717, 1.165) is 29.6 Å². The van der Waals surface area contributed by atoms with Crippen LogP contribution in [0.2, 0.25) is 0 Å². The number of benzene rings is 1. The van der Waals surface area contributed by atoms with E-state index in [1.165, 1.54) is 4.31 Å². The third-order valence-corrected chi connectivity index (χ3v) is 6.39. The number of sulfonamides is 1. The van der Waals surface area contributed by atoms with Crippen LogP contribution >= 0.6 is 0 Å². The number of aromatic amines is 1. The molecule has 0 spiro atoms. The van der Waals surface area contributed by atoms with Crippen molar-refractivity contribution in [1.82, 2.24) is 24.5 Å². The summed E-state index contributed by atoms with van der Waals surface area (Å²) in [6.45, 7) is 6.01. The van der Waals surface area contributed by atoms with Crippen molar-refractivity contribution in [3.05, 3.63) is 42.4 Å². The van der Waals surface area contributed by atoms with E-state index in [4.69, 9.17) is 0 Å². The molecule has 0 bridgehead atoms. The Bertz CT molecular complexity index is 879. The Morgan fingerprint density at radius 3 is 2.59 bits per heavy atom. The highest BCUT2D eigenvalue weighted by Gasteiger charge is 2.14. The molecule has 1 aromatic heterocycles. The van der Waals surface area contributed by atoms with Gasteiger partial charge in [-0.2, -0.15) is 0 Å². The van der Waals surface area contributed by atoms with Gasteiger partial charge >= 0.3 is 0 Å². The number of nitrogens with zero attached hydrogens (tertiary/aromatic N) is 4. The fourth-order valence-electron chi connectivity index (χ4n) is 2.81. The fraction of sp³-hybridized carbons (Fsp3) is 0.500. The van der Waals surface area contributed by atoms with Crippen molar-refractivity contribution in [3.63, 3.8) is 0 Å². The van der Waals surface area contributed by atoms with E-state index in [9.17, 15) is 8.42 Å². The molecule has 0 aliphatic rings. The number of aromatic nitrogens is 2. The molecule has 0 unspecified atom stereocenters. The van der Waals surface area contributed by atoms with Gasteiger partial charge in [0.1, 0.15) is 5.82 Å². The number of H-pyrrole nitrogens is 1. The van der Waals surface area contributed by atoms with E-state index in [1.807, 2.05) is 55.4 Å². The minimum Gasteiger partial charge on any atom is -0.357 e. The molecule has 0 radical (unpaired) electrons. The van der Waals surface area contributed by atoms with Crippen molar-refractivity contribution in [2.45, 2.75) is 26.8 Å². The number of guanidine groups is 1. The molecule has 9 heteroatoms. The van der Waals surface area contributed by atoms with E-state index in [0.29, 0.717) is 26.1 Å². The summed E-state index contributed by atoms with van der Waals surface area (Å²) in [5, 5.41) is 3.27. The molecule has 0 fully saturated rings. The lowest BCUT2D eigenvalue weighted by molar-refractivity contribution is 0.454. The zero-order valence-corrected chi connectivity index (χ0v) is 18.5. The SMILES string of the molecule is CCNC(=NCCCN(C)S(=O)(=O)CC)N(C)Cc1ncc(-c2ccccc2)[nH]1. The Hall–Kier alpha value is -2.39. The number of imidazole rings is 1. The standard InChI is InChI=1S/C20H32N6O2S/c1-5-21-20(22-13-10-14-26(4)29(27,28)6-2)25(3)16-19-23-15-18(24-19)17-11-8-7-9-12-17/h7-9,11-12,15H,5-6,10,13-14,16H2,1-4H3,(H,21,22)(H,23,24). The number of rotatable bonds is 10. The normalized spacial score (nSPS) is 12.4. The summed E-state index contributed by atoms with van der Waals surface area (Å²) in [7, 11) is 0.430. The van der Waals surface area contributed by atoms with Gasteiger partial charge in [-0.1, -0.05) is 30.3 Å². The molecule has 8 nitrogen and oxygen atoms in total. The number of aliphatic imine (C=N–C) groups is 1. The van der Waals surface area contributed by atoms with Crippen molar-refractivity contribution in [3.8, 4) is 11.3 Å². The zero-order valence-electron chi connectivity index (χ0n) is 17.7. The van der Waals surface area contributed by atoms with Crippen molar-refractivity contribution >= 4 is 16.0 Å². The summed E-state index contributed by atoms with van der Waals surface area (Å²) in [4.78, 5) is 14.5. The Morgan fingerprint density at radius 1 is 1.21 bits per heavy atom. The van der Waals surface area contributed by atoms with E-state index in [-0.39, 0.29) is 5.75 Å². The average Bonchev–Trinajstić information content (AvgIpc) is 3.19. The Morgan fingerprint density at radius 2 is 1.93 bits per heavy atom. The van der Waals surface area contributed by atoms with Crippen LogP contribution in [0.25, 0.3) is 11.3 Å². The Labute approximate surface area is 174 Å². The second-order valence-electron chi connectivity index (χ2n) is 6.78. The summed E-state index contributed by atoms with van der Waals surface area (Å²) in [5.74, 6) is 1.74. The quantitative estimate of drug-likeness (QED) is 0.349. The molecule has 2 aromatic rings. The molecule has 0 aliphatic heterocycles. The maximum Gasteiger partial charge on any atom is 0.213 e. The molecule has 2 rings (SSSR count). The minimum atomic E-state index is -3.14. The molecule has 1 aromatic carbocycles. The summed E-state index contributed by atoms with van der Waals surface area (Å²) < 4.78 is 25.0. The highest BCUT2D eigenvalue weighted by Crippen LogP contribution is 2.16. The van der Waals surface area contributed by atoms with Gasteiger partial charge in [0.2, 0.25) is 10.0 Å². The van der Waals surface area contributed by atoms with Gasteiger partial charge in [-0.25, -0.2) is 17.7 Å². The first-order valence-corrected chi connectivity index (χ1v) is 11.5. The molecule has 0 atom stereocenters. The van der Waals surface area contributed by atoms with Crippen molar-refractivity contribution in [1.29, 1.82) is 0 Å². The molecule has 0 aliphatic carbocycles.